The zero-order valence-corrected chi connectivity index (χ0v) is 29.6. The van der Waals surface area contributed by atoms with Crippen LogP contribution in [0.25, 0.3) is 0 Å². The largest absolute Gasteiger partial charge is 0.507 e. The summed E-state index contributed by atoms with van der Waals surface area (Å²) in [5.74, 6) is 0.728. The maximum Gasteiger partial charge on any atom is 0.128 e. The van der Waals surface area contributed by atoms with Crippen molar-refractivity contribution in [1.29, 1.82) is 0 Å². The summed E-state index contributed by atoms with van der Waals surface area (Å²) in [7, 11) is 0. The quantitative estimate of drug-likeness (QED) is 0.342. The number of hydrogen-bond donors (Lipinski definition) is 4. The second-order valence-corrected chi connectivity index (χ2v) is 13.9. The Morgan fingerprint density at radius 2 is 0.917 bits per heavy atom. The van der Waals surface area contributed by atoms with Gasteiger partial charge in [0.05, 0.1) is 0 Å². The molecular formula is C38H60N8O2. The fraction of sp³-hybridized carbons (Fsp3) is 0.632. The number of hydrogen-bond acceptors (Lipinski definition) is 10. The van der Waals surface area contributed by atoms with Crippen molar-refractivity contribution in [2.45, 2.75) is 52.6 Å². The van der Waals surface area contributed by atoms with Gasteiger partial charge >= 0.3 is 0 Å². The van der Waals surface area contributed by atoms with Gasteiger partial charge in [0.2, 0.25) is 0 Å². The highest BCUT2D eigenvalue weighted by Gasteiger charge is 2.17. The number of nitrogens with zero attached hydrogens (tertiary/aromatic N) is 6. The van der Waals surface area contributed by atoms with E-state index in [1.165, 1.54) is 0 Å². The summed E-state index contributed by atoms with van der Waals surface area (Å²) in [5.41, 5.74) is 5.91. The van der Waals surface area contributed by atoms with E-state index < -0.39 is 0 Å². The highest BCUT2D eigenvalue weighted by Crippen LogP contribution is 2.26. The molecule has 6 aliphatic heterocycles. The number of aryl methyl sites for hydroxylation is 2. The second kappa shape index (κ2) is 19.4. The maximum absolute atomic E-state index is 11.3. The maximum atomic E-state index is 11.3. The molecule has 264 valence electrons. The Hall–Kier alpha value is -2.86. The van der Waals surface area contributed by atoms with Crippen LogP contribution in [0.2, 0.25) is 0 Å². The summed E-state index contributed by atoms with van der Waals surface area (Å²) in [5, 5.41) is 29.8. The smallest absolute Gasteiger partial charge is 0.128 e. The monoisotopic (exact) mass is 660 g/mol. The van der Waals surface area contributed by atoms with Crippen LogP contribution in [0.3, 0.4) is 0 Å². The first-order valence-electron chi connectivity index (χ1n) is 18.4. The number of rotatable bonds is 0. The molecule has 8 rings (SSSR count). The number of aliphatic imine (C=N–C) groups is 2. The fourth-order valence-electron chi connectivity index (χ4n) is 7.14. The van der Waals surface area contributed by atoms with Crippen LogP contribution in [0.5, 0.6) is 11.5 Å². The molecule has 0 aliphatic carbocycles. The molecule has 6 aliphatic rings. The van der Waals surface area contributed by atoms with Crippen LogP contribution < -0.4 is 10.6 Å². The van der Waals surface area contributed by atoms with E-state index in [2.05, 4.69) is 56.2 Å². The number of phenols is 2. The van der Waals surface area contributed by atoms with Gasteiger partial charge in [-0.25, -0.2) is 0 Å². The van der Waals surface area contributed by atoms with Gasteiger partial charge in [0, 0.05) is 113 Å². The Kier molecular flexibility index (Phi) is 14.7. The van der Waals surface area contributed by atoms with Crippen LogP contribution in [0.15, 0.2) is 34.3 Å². The highest BCUT2D eigenvalue weighted by molar-refractivity contribution is 5.85. The van der Waals surface area contributed by atoms with Gasteiger partial charge in [0.1, 0.15) is 11.5 Å². The van der Waals surface area contributed by atoms with Crippen LogP contribution in [0, 0.1) is 13.8 Å². The SMILES string of the molecule is Cc1cc2c(O)c(c1)CN1CCCNCCN(CCCNCC1)Cc1cc(C)cc(c1O)C=NCCCN1CCN(CCCN=C2)CC1. The van der Waals surface area contributed by atoms with E-state index in [4.69, 9.17) is 9.98 Å². The van der Waals surface area contributed by atoms with E-state index in [1.54, 1.807) is 0 Å². The zero-order chi connectivity index (χ0) is 33.6. The Balaban J connectivity index is 1.30. The molecule has 2 aromatic rings. The molecule has 0 radical (unpaired) electrons. The number of aromatic hydroxyl groups is 2. The van der Waals surface area contributed by atoms with E-state index in [1.807, 2.05) is 24.6 Å². The molecule has 8 bridgehead atoms. The van der Waals surface area contributed by atoms with Crippen LogP contribution >= 0.6 is 0 Å². The van der Waals surface area contributed by atoms with Crippen molar-refractivity contribution in [2.75, 3.05) is 105 Å². The average Bonchev–Trinajstić information content (AvgIpc) is 3.07. The lowest BCUT2D eigenvalue weighted by atomic mass is 10.0. The van der Waals surface area contributed by atoms with E-state index in [9.17, 15) is 10.2 Å². The molecule has 2 atom stereocenters. The first-order chi connectivity index (χ1) is 23.4. The van der Waals surface area contributed by atoms with Crippen molar-refractivity contribution in [3.05, 3.63) is 57.6 Å². The Bertz CT molecular complexity index is 1220. The van der Waals surface area contributed by atoms with Crippen molar-refractivity contribution < 1.29 is 10.2 Å². The third-order valence-electron chi connectivity index (χ3n) is 9.83. The van der Waals surface area contributed by atoms with E-state index in [0.29, 0.717) is 11.5 Å². The summed E-state index contributed by atoms with van der Waals surface area (Å²) in [4.78, 5) is 19.5. The molecule has 6 heterocycles. The summed E-state index contributed by atoms with van der Waals surface area (Å²) in [6.07, 6.45) is 7.87. The lowest BCUT2D eigenvalue weighted by molar-refractivity contribution is 0.131. The van der Waals surface area contributed by atoms with Crippen LogP contribution in [0.4, 0.5) is 0 Å². The predicted molar refractivity (Wildman–Crippen MR) is 198 cm³/mol. The lowest BCUT2D eigenvalue weighted by Gasteiger charge is -2.34. The molecule has 48 heavy (non-hydrogen) atoms. The van der Waals surface area contributed by atoms with Gasteiger partial charge < -0.3 is 30.6 Å². The van der Waals surface area contributed by atoms with Crippen LogP contribution in [-0.2, 0) is 13.1 Å². The van der Waals surface area contributed by atoms with Gasteiger partial charge in [-0.3, -0.25) is 19.8 Å². The molecule has 2 unspecified atom stereocenters. The van der Waals surface area contributed by atoms with Crippen molar-refractivity contribution >= 4 is 12.4 Å². The molecule has 2 saturated heterocycles. The fourth-order valence-corrected chi connectivity index (χ4v) is 7.14. The average molecular weight is 661 g/mol. The number of nitrogens with one attached hydrogen (secondary N) is 2. The minimum absolute atomic E-state index is 0.364. The molecule has 2 aromatic carbocycles. The number of phenolic OH excluding ortho intramolecular Hbond substituents is 2. The van der Waals surface area contributed by atoms with Crippen molar-refractivity contribution in [2.24, 2.45) is 9.98 Å². The standard InChI is InChI=1S/C38H60N8O2/c1-31-23-33-27-41-9-5-13-43-19-21-44(22-20-43)14-6-10-42-28-34-24-32(2)26-36(38(34)48)30-46-16-4-8-39-11-17-45(15-3-7-40-12-18-46)29-35(25-31)37(33)47/h23-28,39-40,47-48H,3-22,29-30H2,1-2H3. The third-order valence-corrected chi connectivity index (χ3v) is 9.83. The zero-order valence-electron chi connectivity index (χ0n) is 29.6. The first kappa shape index (κ1) is 36.4. The topological polar surface area (TPSA) is 102 Å². The lowest BCUT2D eigenvalue weighted by Crippen LogP contribution is -2.46. The van der Waals surface area contributed by atoms with Crippen molar-refractivity contribution in [3.63, 3.8) is 0 Å². The van der Waals surface area contributed by atoms with Gasteiger partial charge in [-0.15, -0.1) is 0 Å². The first-order valence-corrected chi connectivity index (χ1v) is 18.4. The summed E-state index contributed by atoms with van der Waals surface area (Å²) in [6, 6.07) is 8.35. The molecule has 10 heteroatoms. The molecular weight excluding hydrogens is 600 g/mol. The Morgan fingerprint density at radius 1 is 0.500 bits per heavy atom. The Labute approximate surface area is 288 Å². The van der Waals surface area contributed by atoms with Gasteiger partial charge in [-0.1, -0.05) is 12.1 Å². The normalized spacial score (nSPS) is 26.2. The van der Waals surface area contributed by atoms with E-state index >= 15 is 0 Å². The summed E-state index contributed by atoms with van der Waals surface area (Å²) in [6.45, 7) is 21.2. The Morgan fingerprint density at radius 3 is 1.35 bits per heavy atom. The minimum Gasteiger partial charge on any atom is -0.507 e. The number of benzene rings is 2. The number of piperazine rings is 1. The van der Waals surface area contributed by atoms with Gasteiger partial charge in [-0.2, -0.15) is 0 Å². The predicted octanol–water partition coefficient (Wildman–Crippen LogP) is 3.24. The molecule has 0 spiro atoms. The van der Waals surface area contributed by atoms with Crippen LogP contribution in [-0.4, -0.2) is 147 Å². The summed E-state index contributed by atoms with van der Waals surface area (Å²) < 4.78 is 0. The van der Waals surface area contributed by atoms with E-state index in [0.717, 1.165) is 177 Å². The second-order valence-electron chi connectivity index (χ2n) is 13.9. The molecule has 0 aromatic heterocycles. The molecule has 0 amide bonds. The molecule has 10 nitrogen and oxygen atoms in total. The highest BCUT2D eigenvalue weighted by atomic mass is 16.3. The minimum atomic E-state index is 0.364. The van der Waals surface area contributed by atoms with Crippen molar-refractivity contribution in [3.8, 4) is 11.5 Å². The van der Waals surface area contributed by atoms with Gasteiger partial charge in [-0.05, 0) is 102 Å². The van der Waals surface area contributed by atoms with Gasteiger partial charge in [0.25, 0.3) is 0 Å². The molecule has 0 saturated carbocycles. The van der Waals surface area contributed by atoms with Crippen LogP contribution in [0.1, 0.15) is 59.1 Å². The molecule has 2 fully saturated rings. The molecule has 4 N–H and O–H groups in total. The third kappa shape index (κ3) is 11.6. The van der Waals surface area contributed by atoms with Crippen molar-refractivity contribution in [1.82, 2.24) is 30.2 Å². The summed E-state index contributed by atoms with van der Waals surface area (Å²) >= 11 is 0. The van der Waals surface area contributed by atoms with E-state index in [-0.39, 0.29) is 0 Å². The van der Waals surface area contributed by atoms with Gasteiger partial charge in [0.15, 0.2) is 0 Å².